The largest absolute Gasteiger partial charge is 0.472 e. The van der Waals surface area contributed by atoms with Gasteiger partial charge in [0.05, 0.1) is 26.4 Å². The van der Waals surface area contributed by atoms with Crippen LogP contribution in [0.5, 0.6) is 0 Å². The van der Waals surface area contributed by atoms with E-state index in [2.05, 4.69) is 27.7 Å². The molecule has 0 aliphatic carbocycles. The number of phosphoric ester groups is 2. The molecule has 0 aliphatic rings. The Kier molecular flexibility index (Phi) is 69.1. The smallest absolute Gasteiger partial charge is 0.462 e. The molecular weight excluding hydrogens is 1250 g/mol. The maximum Gasteiger partial charge on any atom is 0.472 e. The zero-order valence-electron chi connectivity index (χ0n) is 61.6. The SMILES string of the molecule is CCCCCCCCCCCCCCCCCCCCC(=O)O[C@H](COC(=O)CCCCCCCCCCCCCCCCCC)COP(=O)(O)OC[C@@H](O)COP(=O)(O)OC[C@@H](COC(=O)CCCCCCCCCCCC)OC(=O)CCCCCCCCCCCCC. The van der Waals surface area contributed by atoms with Crippen LogP contribution >= 0.6 is 15.6 Å². The number of esters is 4. The first kappa shape index (κ1) is 93.1. The summed E-state index contributed by atoms with van der Waals surface area (Å²) in [5.74, 6) is -2.11. The lowest BCUT2D eigenvalue weighted by Gasteiger charge is -2.21. The summed E-state index contributed by atoms with van der Waals surface area (Å²) in [6.07, 6.45) is 60.9. The lowest BCUT2D eigenvalue weighted by Crippen LogP contribution is -2.30. The van der Waals surface area contributed by atoms with Crippen LogP contribution in [0.1, 0.15) is 407 Å². The molecule has 0 saturated heterocycles. The van der Waals surface area contributed by atoms with Gasteiger partial charge in [-0.1, -0.05) is 355 Å². The molecule has 0 heterocycles. The van der Waals surface area contributed by atoms with Crippen LogP contribution in [0.4, 0.5) is 0 Å². The van der Waals surface area contributed by atoms with Gasteiger partial charge in [-0.2, -0.15) is 0 Å². The number of carbonyl (C=O) groups excluding carboxylic acids is 4. The molecule has 0 aromatic heterocycles. The average Bonchev–Trinajstić information content (AvgIpc) is 1.65. The molecule has 0 amide bonds. The van der Waals surface area contributed by atoms with Gasteiger partial charge in [0.1, 0.15) is 19.3 Å². The highest BCUT2D eigenvalue weighted by atomic mass is 31.2. The fourth-order valence-electron chi connectivity index (χ4n) is 11.8. The second-order valence-electron chi connectivity index (χ2n) is 27.4. The standard InChI is InChI=1S/C76H148O17P2/c1-5-9-13-17-21-25-29-31-33-35-36-38-40-43-47-51-55-59-63-76(81)93-72(67-87-74(79)61-57-53-49-45-42-39-37-34-32-30-26-22-18-14-10-6-2)69-91-95(84,85)89-65-70(77)64-88-94(82,83)90-68-71(66-86-73(78)60-56-52-48-44-28-24-20-16-12-8-4)92-75(80)62-58-54-50-46-41-27-23-19-15-11-7-3/h70-72,77H,5-69H2,1-4H3,(H,82,83)(H,84,85)/t70-,71+,72+/m0/s1. The molecule has 0 aromatic carbocycles. The van der Waals surface area contributed by atoms with E-state index in [0.29, 0.717) is 25.7 Å². The molecule has 0 aliphatic heterocycles. The normalized spacial score (nSPS) is 13.9. The Morgan fingerprint density at radius 1 is 0.253 bits per heavy atom. The fraction of sp³-hybridized carbons (Fsp3) is 0.947. The minimum absolute atomic E-state index is 0.108. The van der Waals surface area contributed by atoms with Gasteiger partial charge in [0, 0.05) is 25.7 Å². The summed E-state index contributed by atoms with van der Waals surface area (Å²) >= 11 is 0. The van der Waals surface area contributed by atoms with Crippen LogP contribution in [0.15, 0.2) is 0 Å². The van der Waals surface area contributed by atoms with E-state index in [0.717, 1.165) is 89.9 Å². The van der Waals surface area contributed by atoms with E-state index in [1.807, 2.05) is 0 Å². The number of aliphatic hydroxyl groups excluding tert-OH is 1. The number of hydrogen-bond donors (Lipinski definition) is 3. The van der Waals surface area contributed by atoms with Crippen molar-refractivity contribution in [2.24, 2.45) is 0 Å². The minimum atomic E-state index is -4.96. The first-order valence-corrected chi connectivity index (χ1v) is 42.8. The van der Waals surface area contributed by atoms with Gasteiger partial charge in [0.25, 0.3) is 0 Å². The molecule has 2 unspecified atom stereocenters. The van der Waals surface area contributed by atoms with Gasteiger partial charge in [-0.15, -0.1) is 0 Å². The summed E-state index contributed by atoms with van der Waals surface area (Å²) in [5.41, 5.74) is 0. The minimum Gasteiger partial charge on any atom is -0.462 e. The summed E-state index contributed by atoms with van der Waals surface area (Å²) in [6.45, 7) is 4.98. The summed E-state index contributed by atoms with van der Waals surface area (Å²) < 4.78 is 68.5. The highest BCUT2D eigenvalue weighted by Crippen LogP contribution is 2.45. The second kappa shape index (κ2) is 70.5. The predicted octanol–water partition coefficient (Wildman–Crippen LogP) is 22.6. The van der Waals surface area contributed by atoms with Crippen molar-refractivity contribution in [1.82, 2.24) is 0 Å². The van der Waals surface area contributed by atoms with Gasteiger partial charge in [-0.25, -0.2) is 9.13 Å². The molecule has 0 fully saturated rings. The Hall–Kier alpha value is -1.94. The van der Waals surface area contributed by atoms with Crippen molar-refractivity contribution in [3.05, 3.63) is 0 Å². The Bertz CT molecular complexity index is 1810. The number of ether oxygens (including phenoxy) is 4. The number of phosphoric acid groups is 2. The third kappa shape index (κ3) is 70.3. The first-order chi connectivity index (χ1) is 46.2. The molecule has 0 aromatic rings. The van der Waals surface area contributed by atoms with Crippen LogP contribution in [0, 0.1) is 0 Å². The zero-order valence-corrected chi connectivity index (χ0v) is 63.4. The van der Waals surface area contributed by atoms with Gasteiger partial charge in [-0.3, -0.25) is 37.3 Å². The highest BCUT2D eigenvalue weighted by Gasteiger charge is 2.30. The molecular formula is C76H148O17P2. The molecule has 564 valence electrons. The molecule has 95 heavy (non-hydrogen) atoms. The van der Waals surface area contributed by atoms with Crippen LogP contribution in [0.2, 0.25) is 0 Å². The second-order valence-corrected chi connectivity index (χ2v) is 30.3. The average molecular weight is 1400 g/mol. The van der Waals surface area contributed by atoms with Crippen molar-refractivity contribution < 1.29 is 80.2 Å². The van der Waals surface area contributed by atoms with Gasteiger partial charge < -0.3 is 33.8 Å². The van der Waals surface area contributed by atoms with Crippen LogP contribution < -0.4 is 0 Å². The molecule has 0 saturated carbocycles. The monoisotopic (exact) mass is 1400 g/mol. The topological polar surface area (TPSA) is 237 Å². The number of aliphatic hydroxyl groups is 1. The molecule has 3 N–H and O–H groups in total. The maximum atomic E-state index is 13.1. The summed E-state index contributed by atoms with van der Waals surface area (Å²) in [6, 6.07) is 0. The van der Waals surface area contributed by atoms with E-state index in [1.54, 1.807) is 0 Å². The Morgan fingerprint density at radius 3 is 0.621 bits per heavy atom. The van der Waals surface area contributed by atoms with Crippen LogP contribution in [0.3, 0.4) is 0 Å². The van der Waals surface area contributed by atoms with Crippen molar-refractivity contribution in [2.75, 3.05) is 39.6 Å². The summed E-state index contributed by atoms with van der Waals surface area (Å²) in [4.78, 5) is 72.8. The van der Waals surface area contributed by atoms with Crippen LogP contribution in [-0.2, 0) is 65.4 Å². The summed E-state index contributed by atoms with van der Waals surface area (Å²) in [7, 11) is -9.91. The number of rotatable bonds is 77. The fourth-order valence-corrected chi connectivity index (χ4v) is 13.3. The number of unbranched alkanes of at least 4 members (excludes halogenated alkanes) is 51. The Balaban J connectivity index is 5.22. The van der Waals surface area contributed by atoms with E-state index in [-0.39, 0.29) is 25.7 Å². The quantitative estimate of drug-likeness (QED) is 0.0222. The Morgan fingerprint density at radius 2 is 0.421 bits per heavy atom. The molecule has 0 radical (unpaired) electrons. The summed E-state index contributed by atoms with van der Waals surface area (Å²) in [5, 5.41) is 10.6. The van der Waals surface area contributed by atoms with Crippen molar-refractivity contribution in [3.63, 3.8) is 0 Å². The molecule has 19 heteroatoms. The van der Waals surface area contributed by atoms with Crippen molar-refractivity contribution in [3.8, 4) is 0 Å². The van der Waals surface area contributed by atoms with Crippen molar-refractivity contribution in [2.45, 2.75) is 425 Å². The molecule has 0 spiro atoms. The van der Waals surface area contributed by atoms with Gasteiger partial charge in [0.15, 0.2) is 12.2 Å². The lowest BCUT2D eigenvalue weighted by molar-refractivity contribution is -0.161. The zero-order chi connectivity index (χ0) is 69.7. The third-order valence-corrected chi connectivity index (χ3v) is 19.8. The van der Waals surface area contributed by atoms with E-state index in [9.17, 15) is 43.2 Å². The number of carbonyl (C=O) groups is 4. The highest BCUT2D eigenvalue weighted by molar-refractivity contribution is 7.47. The van der Waals surface area contributed by atoms with Gasteiger partial charge >= 0.3 is 39.5 Å². The van der Waals surface area contributed by atoms with Crippen molar-refractivity contribution in [1.29, 1.82) is 0 Å². The number of hydrogen-bond acceptors (Lipinski definition) is 15. The lowest BCUT2D eigenvalue weighted by atomic mass is 10.0. The Labute approximate surface area is 581 Å². The van der Waals surface area contributed by atoms with E-state index in [4.69, 9.17) is 37.0 Å². The molecule has 5 atom stereocenters. The van der Waals surface area contributed by atoms with E-state index >= 15 is 0 Å². The molecule has 0 bridgehead atoms. The predicted molar refractivity (Wildman–Crippen MR) is 386 cm³/mol. The van der Waals surface area contributed by atoms with Crippen LogP contribution in [0.25, 0.3) is 0 Å². The van der Waals surface area contributed by atoms with E-state index in [1.165, 1.54) is 238 Å². The van der Waals surface area contributed by atoms with E-state index < -0.39 is 97.5 Å². The van der Waals surface area contributed by atoms with Gasteiger partial charge in [-0.05, 0) is 25.7 Å². The van der Waals surface area contributed by atoms with Gasteiger partial charge in [0.2, 0.25) is 0 Å². The molecule has 17 nitrogen and oxygen atoms in total. The van der Waals surface area contributed by atoms with Crippen molar-refractivity contribution >= 4 is 39.5 Å². The molecule has 0 rings (SSSR count). The third-order valence-electron chi connectivity index (χ3n) is 17.9. The first-order valence-electron chi connectivity index (χ1n) is 39.8. The maximum absolute atomic E-state index is 13.1. The van der Waals surface area contributed by atoms with Crippen LogP contribution in [-0.4, -0.2) is 96.7 Å².